The number of carbonyl (C=O) groups is 1. The number of pyridine rings is 1. The van der Waals surface area contributed by atoms with E-state index in [2.05, 4.69) is 20.4 Å². The van der Waals surface area contributed by atoms with Crippen LogP contribution >= 0.6 is 11.3 Å². The number of fused-ring (bicyclic) bond motifs is 1. The third-order valence-corrected chi connectivity index (χ3v) is 4.62. The Morgan fingerprint density at radius 3 is 2.63 bits per heavy atom. The fourth-order valence-electron chi connectivity index (χ4n) is 2.62. The van der Waals surface area contributed by atoms with E-state index >= 15 is 0 Å². The second kappa shape index (κ2) is 6.96. The van der Waals surface area contributed by atoms with Crippen LogP contribution in [0.5, 0.6) is 0 Å². The lowest BCUT2D eigenvalue weighted by molar-refractivity contribution is -0.117. The highest BCUT2D eigenvalue weighted by Crippen LogP contribution is 2.22. The van der Waals surface area contributed by atoms with Crippen LogP contribution in [0.15, 0.2) is 63.6 Å². The second-order valence-corrected chi connectivity index (χ2v) is 6.54. The van der Waals surface area contributed by atoms with Crippen molar-refractivity contribution in [3.05, 3.63) is 74.7 Å². The van der Waals surface area contributed by atoms with Gasteiger partial charge in [-0.05, 0) is 24.3 Å². The number of carbonyl (C=O) groups excluding carboxylic acids is 1. The van der Waals surface area contributed by atoms with E-state index in [0.29, 0.717) is 21.9 Å². The van der Waals surface area contributed by atoms with Crippen molar-refractivity contribution in [1.82, 2.24) is 19.7 Å². The normalized spacial score (nSPS) is 10.8. The van der Waals surface area contributed by atoms with E-state index < -0.39 is 17.0 Å². The first-order chi connectivity index (χ1) is 13.1. The Hall–Kier alpha value is -3.59. The molecular formula is C18H13N5O3S. The van der Waals surface area contributed by atoms with Gasteiger partial charge in [-0.25, -0.2) is 9.67 Å². The molecule has 134 valence electrons. The largest absolute Gasteiger partial charge is 0.300 e. The zero-order valence-electron chi connectivity index (χ0n) is 13.9. The smallest absolute Gasteiger partial charge is 0.273 e. The van der Waals surface area contributed by atoms with Crippen LogP contribution in [-0.2, 0) is 11.3 Å². The monoisotopic (exact) mass is 379 g/mol. The molecule has 1 aromatic carbocycles. The topological polar surface area (TPSA) is 110 Å². The molecule has 0 saturated carbocycles. The number of anilines is 1. The Kier molecular flexibility index (Phi) is 4.35. The van der Waals surface area contributed by atoms with Crippen LogP contribution in [0.2, 0.25) is 0 Å². The Bertz CT molecular complexity index is 1240. The second-order valence-electron chi connectivity index (χ2n) is 5.68. The molecule has 0 bridgehead atoms. The number of benzene rings is 1. The standard InChI is InChI=1S/C18H13N5O3S/c24-15(21-18-20-14(10-27-18)13-7-3-4-8-19-13)9-23-17(26)12-6-2-1-5-11(12)16(25)22-23/h1-8,10H,9H2,(H,22,25)(H,20,21,24). The summed E-state index contributed by atoms with van der Waals surface area (Å²) in [7, 11) is 0. The summed E-state index contributed by atoms with van der Waals surface area (Å²) in [4.78, 5) is 45.3. The molecule has 0 fully saturated rings. The van der Waals surface area contributed by atoms with Crippen molar-refractivity contribution in [3.63, 3.8) is 0 Å². The van der Waals surface area contributed by atoms with Crippen LogP contribution in [0.3, 0.4) is 0 Å². The Labute approximate surface area is 156 Å². The molecular weight excluding hydrogens is 366 g/mol. The minimum absolute atomic E-state index is 0.265. The fraction of sp³-hybridized carbons (Fsp3) is 0.0556. The lowest BCUT2D eigenvalue weighted by Gasteiger charge is -2.06. The quantitative estimate of drug-likeness (QED) is 0.562. The van der Waals surface area contributed by atoms with Crippen molar-refractivity contribution < 1.29 is 4.79 Å². The van der Waals surface area contributed by atoms with Gasteiger partial charge in [-0.15, -0.1) is 11.3 Å². The zero-order valence-corrected chi connectivity index (χ0v) is 14.7. The number of aromatic nitrogens is 4. The number of amides is 1. The summed E-state index contributed by atoms with van der Waals surface area (Å²) in [5.74, 6) is -0.468. The molecule has 3 heterocycles. The van der Waals surface area contributed by atoms with E-state index in [1.165, 1.54) is 11.3 Å². The van der Waals surface area contributed by atoms with Crippen molar-refractivity contribution in [2.45, 2.75) is 6.54 Å². The van der Waals surface area contributed by atoms with Gasteiger partial charge in [-0.2, -0.15) is 0 Å². The molecule has 0 aliphatic heterocycles. The van der Waals surface area contributed by atoms with E-state index in [0.717, 1.165) is 4.68 Å². The molecule has 1 amide bonds. The van der Waals surface area contributed by atoms with Crippen LogP contribution in [0.4, 0.5) is 5.13 Å². The Morgan fingerprint density at radius 1 is 1.07 bits per heavy atom. The molecule has 0 spiro atoms. The van der Waals surface area contributed by atoms with Crippen LogP contribution in [0, 0.1) is 0 Å². The van der Waals surface area contributed by atoms with E-state index in [-0.39, 0.29) is 11.9 Å². The summed E-state index contributed by atoms with van der Waals surface area (Å²) < 4.78 is 0.993. The number of H-pyrrole nitrogens is 1. The molecule has 8 nitrogen and oxygen atoms in total. The van der Waals surface area contributed by atoms with Crippen molar-refractivity contribution in [2.75, 3.05) is 5.32 Å². The lowest BCUT2D eigenvalue weighted by atomic mass is 10.2. The van der Waals surface area contributed by atoms with Crippen molar-refractivity contribution in [1.29, 1.82) is 0 Å². The molecule has 27 heavy (non-hydrogen) atoms. The van der Waals surface area contributed by atoms with Crippen molar-refractivity contribution in [2.24, 2.45) is 0 Å². The summed E-state index contributed by atoms with van der Waals surface area (Å²) >= 11 is 1.25. The van der Waals surface area contributed by atoms with Crippen LogP contribution < -0.4 is 16.4 Å². The third-order valence-electron chi connectivity index (χ3n) is 3.86. The summed E-state index contributed by atoms with van der Waals surface area (Å²) in [5.41, 5.74) is 0.481. The first kappa shape index (κ1) is 16.9. The van der Waals surface area contributed by atoms with E-state index in [1.54, 1.807) is 41.9 Å². The SMILES string of the molecule is O=C(Cn1[nH]c(=O)c2ccccc2c1=O)Nc1nc(-c2ccccn2)cs1. The van der Waals surface area contributed by atoms with Gasteiger partial charge >= 0.3 is 0 Å². The molecule has 0 aliphatic rings. The fourth-order valence-corrected chi connectivity index (χ4v) is 3.34. The number of rotatable bonds is 4. The summed E-state index contributed by atoms with van der Waals surface area (Å²) in [6.45, 7) is -0.322. The molecule has 4 rings (SSSR count). The molecule has 9 heteroatoms. The van der Waals surface area contributed by atoms with Crippen molar-refractivity contribution >= 4 is 33.1 Å². The van der Waals surface area contributed by atoms with Crippen LogP contribution in [0.25, 0.3) is 22.2 Å². The predicted octanol–water partition coefficient (Wildman–Crippen LogP) is 1.85. The van der Waals surface area contributed by atoms with Gasteiger partial charge in [-0.1, -0.05) is 18.2 Å². The molecule has 0 atom stereocenters. The van der Waals surface area contributed by atoms with Crippen LogP contribution in [-0.4, -0.2) is 25.7 Å². The lowest BCUT2D eigenvalue weighted by Crippen LogP contribution is -2.34. The van der Waals surface area contributed by atoms with Crippen molar-refractivity contribution in [3.8, 4) is 11.4 Å². The first-order valence-corrected chi connectivity index (χ1v) is 8.88. The summed E-state index contributed by atoms with van der Waals surface area (Å²) in [6, 6.07) is 11.9. The maximum Gasteiger partial charge on any atom is 0.273 e. The maximum atomic E-state index is 12.4. The van der Waals surface area contributed by atoms with Gasteiger partial charge in [0.05, 0.1) is 16.5 Å². The highest BCUT2D eigenvalue weighted by atomic mass is 32.1. The van der Waals surface area contributed by atoms with Gasteiger partial charge in [0.2, 0.25) is 5.91 Å². The third kappa shape index (κ3) is 3.40. The van der Waals surface area contributed by atoms with E-state index in [1.807, 2.05) is 12.1 Å². The van der Waals surface area contributed by atoms with Gasteiger partial charge in [-0.3, -0.25) is 24.5 Å². The number of aromatic amines is 1. The molecule has 0 saturated heterocycles. The Balaban J connectivity index is 1.55. The zero-order chi connectivity index (χ0) is 18.8. The highest BCUT2D eigenvalue weighted by Gasteiger charge is 2.12. The van der Waals surface area contributed by atoms with Gasteiger partial charge in [0, 0.05) is 11.6 Å². The first-order valence-electron chi connectivity index (χ1n) is 8.00. The van der Waals surface area contributed by atoms with Gasteiger partial charge in [0.25, 0.3) is 11.1 Å². The van der Waals surface area contributed by atoms with E-state index in [9.17, 15) is 14.4 Å². The van der Waals surface area contributed by atoms with Gasteiger partial charge in [0.15, 0.2) is 5.13 Å². The highest BCUT2D eigenvalue weighted by molar-refractivity contribution is 7.14. The molecule has 0 aliphatic carbocycles. The average Bonchev–Trinajstić information content (AvgIpc) is 3.15. The molecule has 0 radical (unpaired) electrons. The minimum Gasteiger partial charge on any atom is -0.300 e. The minimum atomic E-state index is -0.468. The van der Waals surface area contributed by atoms with E-state index in [4.69, 9.17) is 0 Å². The predicted molar refractivity (Wildman–Crippen MR) is 103 cm³/mol. The Morgan fingerprint density at radius 2 is 1.85 bits per heavy atom. The summed E-state index contributed by atoms with van der Waals surface area (Å²) in [5, 5.41) is 7.78. The van der Waals surface area contributed by atoms with Gasteiger partial charge in [0.1, 0.15) is 12.2 Å². The average molecular weight is 379 g/mol. The number of hydrogen-bond donors (Lipinski definition) is 2. The molecule has 2 N–H and O–H groups in total. The molecule has 3 aromatic heterocycles. The molecule has 4 aromatic rings. The number of thiazole rings is 1. The van der Waals surface area contributed by atoms with Gasteiger partial charge < -0.3 is 5.32 Å². The molecule has 0 unspecified atom stereocenters. The maximum absolute atomic E-state index is 12.4. The number of nitrogens with one attached hydrogen (secondary N) is 2. The van der Waals surface area contributed by atoms with Crippen LogP contribution in [0.1, 0.15) is 0 Å². The summed E-state index contributed by atoms with van der Waals surface area (Å²) in [6.07, 6.45) is 1.66. The number of hydrogen-bond acceptors (Lipinski definition) is 6. The number of nitrogens with zero attached hydrogens (tertiary/aromatic N) is 3.